The fraction of sp³-hybridized carbons (Fsp3) is 0. The average molecular weight is 258 g/mol. The molecule has 0 amide bonds. The molecule has 0 aliphatic carbocycles. The number of nitrogens with zero attached hydrogens (tertiary/aromatic N) is 2. The molecular formula is C13H7FN2O3. The molecule has 0 unspecified atom stereocenters. The van der Waals surface area contributed by atoms with Crippen molar-refractivity contribution in [2.75, 3.05) is 0 Å². The Bertz CT molecular complexity index is 663. The van der Waals surface area contributed by atoms with Gasteiger partial charge in [-0.2, -0.15) is 5.26 Å². The molecule has 5 nitrogen and oxygen atoms in total. The molecule has 0 heterocycles. The second-order valence-corrected chi connectivity index (χ2v) is 3.60. The van der Waals surface area contributed by atoms with Gasteiger partial charge in [-0.15, -0.1) is 0 Å². The molecule has 0 radical (unpaired) electrons. The van der Waals surface area contributed by atoms with Gasteiger partial charge in [0.1, 0.15) is 28.9 Å². The molecule has 0 fully saturated rings. The molecule has 0 N–H and O–H groups in total. The predicted octanol–water partition coefficient (Wildman–Crippen LogP) is 3.40. The summed E-state index contributed by atoms with van der Waals surface area (Å²) in [5.74, 6) is 0.149. The fourth-order valence-electron chi connectivity index (χ4n) is 1.46. The van der Waals surface area contributed by atoms with Crippen LogP contribution >= 0.6 is 0 Å². The summed E-state index contributed by atoms with van der Waals surface area (Å²) in [6, 6.07) is 10.9. The molecule has 2 rings (SSSR count). The maximum atomic E-state index is 12.7. The Kier molecular flexibility index (Phi) is 3.39. The number of benzene rings is 2. The standard InChI is InChI=1S/C13H7FN2O3/c14-10-2-5-11(6-3-10)19-12-4-1-9(8-15)13(7-12)16(17)18/h1-7H. The molecule has 19 heavy (non-hydrogen) atoms. The minimum Gasteiger partial charge on any atom is -0.457 e. The van der Waals surface area contributed by atoms with Crippen LogP contribution in [-0.4, -0.2) is 4.92 Å². The van der Waals surface area contributed by atoms with E-state index in [0.29, 0.717) is 5.75 Å². The maximum absolute atomic E-state index is 12.7. The number of ether oxygens (including phenoxy) is 1. The molecule has 0 aliphatic heterocycles. The highest BCUT2D eigenvalue weighted by molar-refractivity contribution is 5.53. The zero-order chi connectivity index (χ0) is 13.8. The molecule has 0 saturated heterocycles. The minimum absolute atomic E-state index is 0.0449. The van der Waals surface area contributed by atoms with Crippen molar-refractivity contribution in [3.8, 4) is 17.6 Å². The van der Waals surface area contributed by atoms with Crippen molar-refractivity contribution in [1.82, 2.24) is 0 Å². The summed E-state index contributed by atoms with van der Waals surface area (Å²) in [4.78, 5) is 10.1. The van der Waals surface area contributed by atoms with E-state index in [1.54, 1.807) is 6.07 Å². The Morgan fingerprint density at radius 2 is 1.79 bits per heavy atom. The number of halogens is 1. The Hall–Kier alpha value is -2.94. The minimum atomic E-state index is -0.657. The molecule has 2 aromatic rings. The highest BCUT2D eigenvalue weighted by Gasteiger charge is 2.15. The van der Waals surface area contributed by atoms with Crippen molar-refractivity contribution in [3.05, 3.63) is 64.0 Å². The smallest absolute Gasteiger partial charge is 0.290 e. The SMILES string of the molecule is N#Cc1ccc(Oc2ccc(F)cc2)cc1[N+](=O)[O-]. The molecular weight excluding hydrogens is 251 g/mol. The first-order valence-electron chi connectivity index (χ1n) is 5.22. The fourth-order valence-corrected chi connectivity index (χ4v) is 1.46. The van der Waals surface area contributed by atoms with Gasteiger partial charge in [0.25, 0.3) is 5.69 Å². The third kappa shape index (κ3) is 2.84. The van der Waals surface area contributed by atoms with E-state index in [0.717, 1.165) is 6.07 Å². The highest BCUT2D eigenvalue weighted by Crippen LogP contribution is 2.27. The third-order valence-electron chi connectivity index (χ3n) is 2.34. The zero-order valence-corrected chi connectivity index (χ0v) is 9.54. The van der Waals surface area contributed by atoms with Crippen molar-refractivity contribution in [2.45, 2.75) is 0 Å². The summed E-state index contributed by atoms with van der Waals surface area (Å²) in [6.07, 6.45) is 0. The monoisotopic (exact) mass is 258 g/mol. The van der Waals surface area contributed by atoms with Crippen LogP contribution in [0, 0.1) is 27.3 Å². The van der Waals surface area contributed by atoms with Gasteiger partial charge in [0.2, 0.25) is 0 Å². The van der Waals surface area contributed by atoms with Gasteiger partial charge in [-0.25, -0.2) is 4.39 Å². The Labute approximate surface area is 107 Å². The molecule has 0 bridgehead atoms. The highest BCUT2D eigenvalue weighted by atomic mass is 19.1. The van der Waals surface area contributed by atoms with Gasteiger partial charge >= 0.3 is 0 Å². The number of rotatable bonds is 3. The van der Waals surface area contributed by atoms with Gasteiger partial charge in [0, 0.05) is 0 Å². The molecule has 0 aliphatic rings. The van der Waals surface area contributed by atoms with Gasteiger partial charge in [0.05, 0.1) is 11.0 Å². The number of nitriles is 1. The largest absolute Gasteiger partial charge is 0.457 e. The second-order valence-electron chi connectivity index (χ2n) is 3.60. The van der Waals surface area contributed by atoms with E-state index in [2.05, 4.69) is 0 Å². The van der Waals surface area contributed by atoms with Gasteiger partial charge in [-0.1, -0.05) is 0 Å². The van der Waals surface area contributed by atoms with E-state index in [4.69, 9.17) is 10.00 Å². The zero-order valence-electron chi connectivity index (χ0n) is 9.54. The molecule has 94 valence electrons. The van der Waals surface area contributed by atoms with Crippen LogP contribution in [0.15, 0.2) is 42.5 Å². The molecule has 0 aromatic heterocycles. The van der Waals surface area contributed by atoms with Gasteiger partial charge < -0.3 is 4.74 Å². The first-order valence-corrected chi connectivity index (χ1v) is 5.22. The molecule has 6 heteroatoms. The first kappa shape index (κ1) is 12.5. The topological polar surface area (TPSA) is 76.2 Å². The number of hydrogen-bond acceptors (Lipinski definition) is 4. The van der Waals surface area contributed by atoms with E-state index in [1.165, 1.54) is 36.4 Å². The van der Waals surface area contributed by atoms with Crippen LogP contribution in [0.4, 0.5) is 10.1 Å². The van der Waals surface area contributed by atoms with Crippen LogP contribution in [0.25, 0.3) is 0 Å². The summed E-state index contributed by atoms with van der Waals surface area (Å²) >= 11 is 0. The first-order chi connectivity index (χ1) is 9.10. The van der Waals surface area contributed by atoms with Gasteiger partial charge in [-0.3, -0.25) is 10.1 Å². The normalized spacial score (nSPS) is 9.68. The summed E-state index contributed by atoms with van der Waals surface area (Å²) < 4.78 is 18.1. The van der Waals surface area contributed by atoms with Gasteiger partial charge in [-0.05, 0) is 36.4 Å². The van der Waals surface area contributed by atoms with Crippen LogP contribution in [0.2, 0.25) is 0 Å². The second kappa shape index (κ2) is 5.14. The van der Waals surface area contributed by atoms with E-state index in [1.807, 2.05) is 0 Å². The van der Waals surface area contributed by atoms with E-state index < -0.39 is 10.7 Å². The number of nitro benzene ring substituents is 1. The quantitative estimate of drug-likeness (QED) is 0.624. The third-order valence-corrected chi connectivity index (χ3v) is 2.34. The summed E-state index contributed by atoms with van der Waals surface area (Å²) in [5, 5.41) is 19.5. The van der Waals surface area contributed by atoms with E-state index in [-0.39, 0.29) is 17.0 Å². The maximum Gasteiger partial charge on any atom is 0.290 e. The van der Waals surface area contributed by atoms with Crippen LogP contribution < -0.4 is 4.74 Å². The summed E-state index contributed by atoms with van der Waals surface area (Å²) in [7, 11) is 0. The van der Waals surface area contributed by atoms with Crippen LogP contribution in [0.3, 0.4) is 0 Å². The molecule has 0 atom stereocenters. The van der Waals surface area contributed by atoms with Crippen LogP contribution in [0.5, 0.6) is 11.5 Å². The molecule has 0 spiro atoms. The molecule has 2 aromatic carbocycles. The summed E-state index contributed by atoms with van der Waals surface area (Å²) in [5.41, 5.74) is -0.376. The number of hydrogen-bond donors (Lipinski definition) is 0. The van der Waals surface area contributed by atoms with Crippen molar-refractivity contribution < 1.29 is 14.1 Å². The van der Waals surface area contributed by atoms with E-state index in [9.17, 15) is 14.5 Å². The lowest BCUT2D eigenvalue weighted by Gasteiger charge is -2.05. The van der Waals surface area contributed by atoms with Crippen LogP contribution in [-0.2, 0) is 0 Å². The van der Waals surface area contributed by atoms with Crippen molar-refractivity contribution in [1.29, 1.82) is 5.26 Å². The van der Waals surface area contributed by atoms with Crippen molar-refractivity contribution in [2.24, 2.45) is 0 Å². The average Bonchev–Trinajstić information content (AvgIpc) is 2.41. The Morgan fingerprint density at radius 1 is 1.16 bits per heavy atom. The number of nitro groups is 1. The lowest BCUT2D eigenvalue weighted by atomic mass is 10.2. The lowest BCUT2D eigenvalue weighted by molar-refractivity contribution is -0.385. The van der Waals surface area contributed by atoms with Crippen molar-refractivity contribution >= 4 is 5.69 Å². The Morgan fingerprint density at radius 3 is 2.37 bits per heavy atom. The lowest BCUT2D eigenvalue weighted by Crippen LogP contribution is -1.93. The molecule has 0 saturated carbocycles. The van der Waals surface area contributed by atoms with Gasteiger partial charge in [0.15, 0.2) is 0 Å². The van der Waals surface area contributed by atoms with E-state index >= 15 is 0 Å². The summed E-state index contributed by atoms with van der Waals surface area (Å²) in [6.45, 7) is 0. The Balaban J connectivity index is 2.31. The predicted molar refractivity (Wildman–Crippen MR) is 64.3 cm³/mol. The van der Waals surface area contributed by atoms with Crippen molar-refractivity contribution in [3.63, 3.8) is 0 Å². The van der Waals surface area contributed by atoms with Crippen LogP contribution in [0.1, 0.15) is 5.56 Å².